The van der Waals surface area contributed by atoms with Crippen molar-refractivity contribution >= 4 is 16.5 Å². The summed E-state index contributed by atoms with van der Waals surface area (Å²) in [4.78, 5) is 9.06. The highest BCUT2D eigenvalue weighted by molar-refractivity contribution is 5.88. The molecule has 0 bridgehead atoms. The van der Waals surface area contributed by atoms with Gasteiger partial charge in [0.1, 0.15) is 11.5 Å². The van der Waals surface area contributed by atoms with Gasteiger partial charge in [-0.05, 0) is 29.8 Å². The minimum absolute atomic E-state index is 0.634. The number of methoxy groups -OCH3 is 2. The molecule has 0 atom stereocenters. The molecule has 0 N–H and O–H groups in total. The minimum Gasteiger partial charge on any atom is -0.497 e. The molecule has 0 radical (unpaired) electrons. The molecular formula is C23H19N5O2. The Bertz CT molecular complexity index is 1280. The number of hydrogen-bond acceptors (Lipinski definition) is 6. The number of fused-ring (bicyclic) bond motifs is 1. The van der Waals surface area contributed by atoms with E-state index in [1.165, 1.54) is 6.08 Å². The quantitative estimate of drug-likeness (QED) is 0.473. The highest BCUT2D eigenvalue weighted by Crippen LogP contribution is 2.31. The van der Waals surface area contributed by atoms with Gasteiger partial charge in [0.25, 0.3) is 0 Å². The molecule has 148 valence electrons. The first-order valence-corrected chi connectivity index (χ1v) is 9.19. The average Bonchev–Trinajstić information content (AvgIpc) is 3.22. The van der Waals surface area contributed by atoms with Gasteiger partial charge in [0, 0.05) is 53.7 Å². The van der Waals surface area contributed by atoms with Crippen LogP contribution in [0.15, 0.2) is 61.2 Å². The number of pyridine rings is 2. The van der Waals surface area contributed by atoms with Gasteiger partial charge in [-0.25, -0.2) is 0 Å². The predicted octanol–water partition coefficient (Wildman–Crippen LogP) is 4.00. The van der Waals surface area contributed by atoms with Crippen molar-refractivity contribution in [2.24, 2.45) is 7.05 Å². The fourth-order valence-electron chi connectivity index (χ4n) is 3.24. The number of benzene rings is 1. The third-order valence-corrected chi connectivity index (χ3v) is 4.75. The molecule has 4 rings (SSSR count). The summed E-state index contributed by atoms with van der Waals surface area (Å²) in [5.74, 6) is 1.27. The van der Waals surface area contributed by atoms with Crippen LogP contribution in [0, 0.1) is 11.3 Å². The minimum atomic E-state index is 0.634. The molecule has 0 amide bonds. The monoisotopic (exact) mass is 397 g/mol. The molecule has 0 spiro atoms. The van der Waals surface area contributed by atoms with E-state index in [-0.39, 0.29) is 0 Å². The van der Waals surface area contributed by atoms with Crippen LogP contribution in [0.3, 0.4) is 0 Å². The predicted molar refractivity (Wildman–Crippen MR) is 114 cm³/mol. The fourth-order valence-corrected chi connectivity index (χ4v) is 3.24. The number of ether oxygens (including phenoxy) is 2. The molecule has 0 saturated carbocycles. The number of nitriles is 1. The fraction of sp³-hybridized carbons (Fsp3) is 0.130. The highest BCUT2D eigenvalue weighted by Gasteiger charge is 2.12. The number of aromatic nitrogens is 4. The van der Waals surface area contributed by atoms with Gasteiger partial charge < -0.3 is 9.47 Å². The maximum Gasteiger partial charge on any atom is 0.123 e. The molecular weight excluding hydrogens is 378 g/mol. The lowest BCUT2D eigenvalue weighted by Gasteiger charge is -2.11. The third-order valence-electron chi connectivity index (χ3n) is 4.75. The van der Waals surface area contributed by atoms with Crippen LogP contribution in [-0.4, -0.2) is 34.0 Å². The van der Waals surface area contributed by atoms with Crippen LogP contribution in [0.1, 0.15) is 11.3 Å². The first-order valence-electron chi connectivity index (χ1n) is 9.19. The normalized spacial score (nSPS) is 11.3. The first-order chi connectivity index (χ1) is 14.6. The third kappa shape index (κ3) is 3.71. The summed E-state index contributed by atoms with van der Waals surface area (Å²) in [6.45, 7) is 0. The van der Waals surface area contributed by atoms with Crippen LogP contribution in [-0.2, 0) is 7.05 Å². The van der Waals surface area contributed by atoms with E-state index in [4.69, 9.17) is 9.47 Å². The van der Waals surface area contributed by atoms with Crippen LogP contribution in [0.2, 0.25) is 0 Å². The summed E-state index contributed by atoms with van der Waals surface area (Å²) in [7, 11) is 5.06. The summed E-state index contributed by atoms with van der Waals surface area (Å²) in [6.07, 6.45) is 8.73. The number of aryl methyl sites for hydroxylation is 1. The molecule has 0 fully saturated rings. The molecule has 0 aliphatic rings. The largest absolute Gasteiger partial charge is 0.497 e. The van der Waals surface area contributed by atoms with E-state index in [0.717, 1.165) is 27.6 Å². The van der Waals surface area contributed by atoms with Crippen molar-refractivity contribution in [1.29, 1.82) is 5.26 Å². The standard InChI is InChI=1S/C23H19N5O2/c1-28-14-18(12-27-28)17-6-16-9-22(26-13-23(16)25-11-17)21(4-5-24)15-7-19(29-2)10-20(8-15)30-3/h4,6-14H,1-3H3. The van der Waals surface area contributed by atoms with E-state index >= 15 is 0 Å². The second-order valence-electron chi connectivity index (χ2n) is 6.68. The molecule has 7 nitrogen and oxygen atoms in total. The average molecular weight is 397 g/mol. The lowest BCUT2D eigenvalue weighted by molar-refractivity contribution is 0.394. The van der Waals surface area contributed by atoms with E-state index in [1.807, 2.05) is 37.5 Å². The topological polar surface area (TPSA) is 85.9 Å². The van der Waals surface area contributed by atoms with Gasteiger partial charge in [0.2, 0.25) is 0 Å². The molecule has 0 saturated heterocycles. The first kappa shape index (κ1) is 19.2. The number of rotatable bonds is 5. The number of allylic oxidation sites excluding steroid dienone is 1. The molecule has 30 heavy (non-hydrogen) atoms. The zero-order valence-corrected chi connectivity index (χ0v) is 16.8. The molecule has 0 aliphatic carbocycles. The van der Waals surface area contributed by atoms with Crippen molar-refractivity contribution < 1.29 is 9.47 Å². The van der Waals surface area contributed by atoms with Crippen molar-refractivity contribution in [2.45, 2.75) is 0 Å². The SMILES string of the molecule is COc1cc(OC)cc(C(=CC#N)c2cc3cc(-c4cnn(C)c4)cnc3cn2)c1. The summed E-state index contributed by atoms with van der Waals surface area (Å²) in [6, 6.07) is 11.6. The zero-order valence-electron chi connectivity index (χ0n) is 16.8. The molecule has 1 aromatic carbocycles. The van der Waals surface area contributed by atoms with Crippen molar-refractivity contribution in [3.63, 3.8) is 0 Å². The van der Waals surface area contributed by atoms with Gasteiger partial charge >= 0.3 is 0 Å². The van der Waals surface area contributed by atoms with Crippen LogP contribution >= 0.6 is 0 Å². The van der Waals surface area contributed by atoms with Crippen molar-refractivity contribution in [3.05, 3.63) is 72.5 Å². The Morgan fingerprint density at radius 1 is 0.967 bits per heavy atom. The molecule has 7 heteroatoms. The Labute approximate surface area is 173 Å². The molecule has 3 heterocycles. The van der Waals surface area contributed by atoms with Gasteiger partial charge in [0.15, 0.2) is 0 Å². The number of hydrogen-bond donors (Lipinski definition) is 0. The van der Waals surface area contributed by atoms with E-state index < -0.39 is 0 Å². The summed E-state index contributed by atoms with van der Waals surface area (Å²) in [5.41, 5.74) is 4.81. The summed E-state index contributed by atoms with van der Waals surface area (Å²) in [5, 5.41) is 14.5. The highest BCUT2D eigenvalue weighted by atomic mass is 16.5. The Hall–Kier alpha value is -4.18. The summed E-state index contributed by atoms with van der Waals surface area (Å²) < 4.78 is 12.5. The Balaban J connectivity index is 1.83. The Kier molecular flexibility index (Phi) is 5.14. The smallest absolute Gasteiger partial charge is 0.123 e. The van der Waals surface area contributed by atoms with E-state index in [2.05, 4.69) is 21.1 Å². The lowest BCUT2D eigenvalue weighted by atomic mass is 9.99. The van der Waals surface area contributed by atoms with E-state index in [1.54, 1.807) is 43.6 Å². The van der Waals surface area contributed by atoms with Crippen LogP contribution < -0.4 is 9.47 Å². The van der Waals surface area contributed by atoms with Gasteiger partial charge in [-0.2, -0.15) is 10.4 Å². The Morgan fingerprint density at radius 2 is 1.73 bits per heavy atom. The number of nitrogens with zero attached hydrogens (tertiary/aromatic N) is 5. The lowest BCUT2D eigenvalue weighted by Crippen LogP contribution is -1.96. The van der Waals surface area contributed by atoms with Crippen molar-refractivity contribution in [2.75, 3.05) is 14.2 Å². The second-order valence-corrected chi connectivity index (χ2v) is 6.68. The van der Waals surface area contributed by atoms with Gasteiger partial charge in [-0.3, -0.25) is 14.6 Å². The summed E-state index contributed by atoms with van der Waals surface area (Å²) >= 11 is 0. The molecule has 4 aromatic rings. The van der Waals surface area contributed by atoms with Gasteiger partial charge in [0.05, 0.1) is 43.9 Å². The van der Waals surface area contributed by atoms with Crippen molar-refractivity contribution in [1.82, 2.24) is 19.7 Å². The maximum absolute atomic E-state index is 9.38. The van der Waals surface area contributed by atoms with Crippen LogP contribution in [0.25, 0.3) is 27.6 Å². The van der Waals surface area contributed by atoms with Gasteiger partial charge in [-0.15, -0.1) is 0 Å². The van der Waals surface area contributed by atoms with E-state index in [0.29, 0.717) is 22.8 Å². The van der Waals surface area contributed by atoms with Gasteiger partial charge in [-0.1, -0.05) is 0 Å². The van der Waals surface area contributed by atoms with E-state index in [9.17, 15) is 5.26 Å². The molecule has 3 aromatic heterocycles. The Morgan fingerprint density at radius 3 is 2.37 bits per heavy atom. The van der Waals surface area contributed by atoms with Crippen LogP contribution in [0.5, 0.6) is 11.5 Å². The molecule has 0 unspecified atom stereocenters. The second kappa shape index (κ2) is 8.05. The van der Waals surface area contributed by atoms with Crippen molar-refractivity contribution in [3.8, 4) is 28.7 Å². The maximum atomic E-state index is 9.38. The van der Waals surface area contributed by atoms with Crippen LogP contribution in [0.4, 0.5) is 0 Å². The zero-order chi connectivity index (χ0) is 21.1. The molecule has 0 aliphatic heterocycles.